The van der Waals surface area contributed by atoms with Crippen LogP contribution in [0.15, 0.2) is 18.2 Å². The monoisotopic (exact) mass is 294 g/mol. The van der Waals surface area contributed by atoms with E-state index in [1.807, 2.05) is 39.0 Å². The topological polar surface area (TPSA) is 59.0 Å². The molecule has 3 nitrogen and oxygen atoms in total. The van der Waals surface area contributed by atoms with E-state index in [2.05, 4.69) is 6.07 Å². The quantitative estimate of drug-likeness (QED) is 0.755. The fourth-order valence-corrected chi connectivity index (χ4v) is 2.09. The van der Waals surface area contributed by atoms with Crippen molar-refractivity contribution in [3.63, 3.8) is 0 Å². The lowest BCUT2D eigenvalue weighted by Gasteiger charge is -2.16. The summed E-state index contributed by atoms with van der Waals surface area (Å²) >= 11 is 5.97. The molecular weight excluding hydrogens is 272 g/mol. The first-order valence-corrected chi connectivity index (χ1v) is 7.32. The van der Waals surface area contributed by atoms with Crippen LogP contribution >= 0.6 is 11.6 Å². The molecule has 0 spiro atoms. The largest absolute Gasteiger partial charge is 0.493 e. The number of hydrogen-bond donors (Lipinski definition) is 1. The zero-order chi connectivity index (χ0) is 15.2. The van der Waals surface area contributed by atoms with Crippen LogP contribution in [0.2, 0.25) is 5.02 Å². The molecule has 0 saturated carbocycles. The summed E-state index contributed by atoms with van der Waals surface area (Å²) in [6.07, 6.45) is 2.78. The van der Waals surface area contributed by atoms with Gasteiger partial charge in [-0.15, -0.1) is 0 Å². The lowest BCUT2D eigenvalue weighted by atomic mass is 9.89. The van der Waals surface area contributed by atoms with Crippen LogP contribution in [-0.2, 0) is 0 Å². The molecule has 0 aliphatic heterocycles. The van der Waals surface area contributed by atoms with Gasteiger partial charge in [0.25, 0.3) is 0 Å². The van der Waals surface area contributed by atoms with Crippen molar-refractivity contribution in [3.05, 3.63) is 28.8 Å². The van der Waals surface area contributed by atoms with Gasteiger partial charge in [0, 0.05) is 16.6 Å². The molecule has 0 fully saturated rings. The maximum absolute atomic E-state index is 8.94. The van der Waals surface area contributed by atoms with E-state index < -0.39 is 0 Å². The van der Waals surface area contributed by atoms with E-state index in [9.17, 15) is 0 Å². The zero-order valence-corrected chi connectivity index (χ0v) is 13.2. The number of rotatable bonds is 7. The van der Waals surface area contributed by atoms with E-state index in [0.29, 0.717) is 11.6 Å². The molecule has 0 unspecified atom stereocenters. The Kier molecular flexibility index (Phi) is 6.32. The van der Waals surface area contributed by atoms with Crippen molar-refractivity contribution in [1.82, 2.24) is 0 Å². The molecule has 0 heterocycles. The van der Waals surface area contributed by atoms with Gasteiger partial charge in [-0.05, 0) is 58.2 Å². The first-order valence-electron chi connectivity index (χ1n) is 6.95. The summed E-state index contributed by atoms with van der Waals surface area (Å²) in [5.74, 6) is 0.795. The van der Waals surface area contributed by atoms with Crippen LogP contribution in [0.1, 0.15) is 51.6 Å². The first kappa shape index (κ1) is 16.8. The molecule has 0 saturated heterocycles. The second-order valence-corrected chi connectivity index (χ2v) is 6.21. The third-order valence-corrected chi connectivity index (χ3v) is 3.45. The van der Waals surface area contributed by atoms with Crippen LogP contribution in [0.5, 0.6) is 5.75 Å². The average molecular weight is 295 g/mol. The Hall–Kier alpha value is -1.24. The lowest BCUT2D eigenvalue weighted by molar-refractivity contribution is 0.291. The minimum absolute atomic E-state index is 0.110. The molecule has 110 valence electrons. The predicted octanol–water partition coefficient (Wildman–Crippen LogP) is 4.46. The Morgan fingerprint density at radius 1 is 1.40 bits per heavy atom. The van der Waals surface area contributed by atoms with E-state index in [1.165, 1.54) is 0 Å². The SMILES string of the molecule is C[C@@H](N)c1cc(Cl)ccc1OCCCCC(C)(C)C#N. The van der Waals surface area contributed by atoms with Gasteiger partial charge in [-0.2, -0.15) is 5.26 Å². The Morgan fingerprint density at radius 3 is 2.70 bits per heavy atom. The molecule has 1 aromatic rings. The number of hydrogen-bond acceptors (Lipinski definition) is 3. The highest BCUT2D eigenvalue weighted by Crippen LogP contribution is 2.28. The number of nitriles is 1. The third kappa shape index (κ3) is 5.40. The number of nitrogens with zero attached hydrogens (tertiary/aromatic N) is 1. The molecular formula is C16H23ClN2O. The Morgan fingerprint density at radius 2 is 2.10 bits per heavy atom. The standard InChI is InChI=1S/C16H23ClN2O/c1-12(19)14-10-13(17)6-7-15(14)20-9-5-4-8-16(2,3)11-18/h6-7,10,12H,4-5,8-9,19H2,1-3H3/t12-/m1/s1. The van der Waals surface area contributed by atoms with Crippen LogP contribution in [-0.4, -0.2) is 6.61 Å². The summed E-state index contributed by atoms with van der Waals surface area (Å²) in [7, 11) is 0. The van der Waals surface area contributed by atoms with E-state index in [-0.39, 0.29) is 11.5 Å². The number of unbranched alkanes of at least 4 members (excludes halogenated alkanes) is 1. The van der Waals surface area contributed by atoms with Gasteiger partial charge in [-0.1, -0.05) is 11.6 Å². The molecule has 0 aliphatic rings. The summed E-state index contributed by atoms with van der Waals surface area (Å²) in [5.41, 5.74) is 6.59. The van der Waals surface area contributed by atoms with Gasteiger partial charge >= 0.3 is 0 Å². The normalized spacial score (nSPS) is 12.8. The second-order valence-electron chi connectivity index (χ2n) is 5.77. The van der Waals surface area contributed by atoms with Crippen LogP contribution in [0, 0.1) is 16.7 Å². The van der Waals surface area contributed by atoms with Gasteiger partial charge in [-0.25, -0.2) is 0 Å². The average Bonchev–Trinajstić information content (AvgIpc) is 2.39. The number of halogens is 1. The molecule has 2 N–H and O–H groups in total. The smallest absolute Gasteiger partial charge is 0.124 e. The molecule has 4 heteroatoms. The summed E-state index contributed by atoms with van der Waals surface area (Å²) in [6, 6.07) is 7.71. The zero-order valence-electron chi connectivity index (χ0n) is 12.4. The van der Waals surface area contributed by atoms with Crippen LogP contribution in [0.4, 0.5) is 0 Å². The molecule has 20 heavy (non-hydrogen) atoms. The van der Waals surface area contributed by atoms with E-state index >= 15 is 0 Å². The van der Waals surface area contributed by atoms with Crippen molar-refractivity contribution >= 4 is 11.6 Å². The summed E-state index contributed by atoms with van der Waals surface area (Å²) in [6.45, 7) is 6.46. The van der Waals surface area contributed by atoms with Crippen LogP contribution < -0.4 is 10.5 Å². The maximum atomic E-state index is 8.94. The fourth-order valence-electron chi connectivity index (χ4n) is 1.91. The van der Waals surface area contributed by atoms with Gasteiger partial charge in [-0.3, -0.25) is 0 Å². The number of benzene rings is 1. The van der Waals surface area contributed by atoms with Gasteiger partial charge < -0.3 is 10.5 Å². The van der Waals surface area contributed by atoms with E-state index in [0.717, 1.165) is 30.6 Å². The van der Waals surface area contributed by atoms with Gasteiger partial charge in [0.15, 0.2) is 0 Å². The third-order valence-electron chi connectivity index (χ3n) is 3.22. The van der Waals surface area contributed by atoms with Crippen molar-refractivity contribution in [2.75, 3.05) is 6.61 Å². The van der Waals surface area contributed by atoms with Crippen molar-refractivity contribution in [1.29, 1.82) is 5.26 Å². The number of ether oxygens (including phenoxy) is 1. The summed E-state index contributed by atoms with van der Waals surface area (Å²) in [5, 5.41) is 9.61. The molecule has 0 bridgehead atoms. The van der Waals surface area contributed by atoms with E-state index in [4.69, 9.17) is 27.3 Å². The van der Waals surface area contributed by atoms with Crippen LogP contribution in [0.25, 0.3) is 0 Å². The van der Waals surface area contributed by atoms with Crippen molar-refractivity contribution in [3.8, 4) is 11.8 Å². The Labute approximate surface area is 126 Å². The lowest BCUT2D eigenvalue weighted by Crippen LogP contribution is -2.10. The van der Waals surface area contributed by atoms with Crippen molar-refractivity contribution in [2.45, 2.75) is 46.1 Å². The molecule has 1 aromatic carbocycles. The molecule has 0 aromatic heterocycles. The predicted molar refractivity (Wildman–Crippen MR) is 82.8 cm³/mol. The Bertz CT molecular complexity index is 478. The van der Waals surface area contributed by atoms with Gasteiger partial charge in [0.05, 0.1) is 18.1 Å². The van der Waals surface area contributed by atoms with E-state index in [1.54, 1.807) is 0 Å². The summed E-state index contributed by atoms with van der Waals surface area (Å²) < 4.78 is 5.78. The maximum Gasteiger partial charge on any atom is 0.124 e. The minimum atomic E-state index is -0.253. The molecule has 1 atom stereocenters. The highest BCUT2D eigenvalue weighted by atomic mass is 35.5. The minimum Gasteiger partial charge on any atom is -0.493 e. The second kappa shape index (κ2) is 7.52. The van der Waals surface area contributed by atoms with Crippen molar-refractivity contribution < 1.29 is 4.74 Å². The fraction of sp³-hybridized carbons (Fsp3) is 0.562. The highest BCUT2D eigenvalue weighted by molar-refractivity contribution is 6.30. The van der Waals surface area contributed by atoms with Crippen LogP contribution in [0.3, 0.4) is 0 Å². The molecule has 0 amide bonds. The van der Waals surface area contributed by atoms with Crippen molar-refractivity contribution in [2.24, 2.45) is 11.1 Å². The highest BCUT2D eigenvalue weighted by Gasteiger charge is 2.15. The molecule has 1 rings (SSSR count). The molecule has 0 aliphatic carbocycles. The first-order chi connectivity index (χ1) is 9.35. The molecule has 0 radical (unpaired) electrons. The Balaban J connectivity index is 2.45. The van der Waals surface area contributed by atoms with Gasteiger partial charge in [0.1, 0.15) is 5.75 Å². The number of nitrogens with two attached hydrogens (primary N) is 1. The van der Waals surface area contributed by atoms with Gasteiger partial charge in [0.2, 0.25) is 0 Å². The summed E-state index contributed by atoms with van der Waals surface area (Å²) in [4.78, 5) is 0.